The molecule has 0 aliphatic heterocycles. The second kappa shape index (κ2) is 8.01. The van der Waals surface area contributed by atoms with Crippen molar-refractivity contribution in [2.24, 2.45) is 5.10 Å². The number of aromatic hydroxyl groups is 2. The smallest absolute Gasteiger partial charge is 0.271 e. The van der Waals surface area contributed by atoms with Crippen LogP contribution in [0.5, 0.6) is 11.5 Å². The third-order valence-corrected chi connectivity index (χ3v) is 3.57. The summed E-state index contributed by atoms with van der Waals surface area (Å²) in [5, 5.41) is 22.6. The van der Waals surface area contributed by atoms with Crippen LogP contribution in [-0.2, 0) is 0 Å². The first-order valence-corrected chi connectivity index (χ1v) is 7.75. The molecule has 6 nitrogen and oxygen atoms in total. The van der Waals surface area contributed by atoms with Crippen molar-refractivity contribution in [2.75, 3.05) is 18.0 Å². The molecule has 0 saturated carbocycles. The van der Waals surface area contributed by atoms with Crippen LogP contribution in [0, 0.1) is 0 Å². The van der Waals surface area contributed by atoms with Crippen molar-refractivity contribution >= 4 is 17.8 Å². The van der Waals surface area contributed by atoms with Crippen molar-refractivity contribution in [2.45, 2.75) is 13.8 Å². The van der Waals surface area contributed by atoms with Gasteiger partial charge in [-0.2, -0.15) is 5.10 Å². The van der Waals surface area contributed by atoms with Crippen LogP contribution >= 0.6 is 0 Å². The Labute approximate surface area is 141 Å². The molecular weight excluding hydrogens is 306 g/mol. The second-order valence-electron chi connectivity index (χ2n) is 5.20. The summed E-state index contributed by atoms with van der Waals surface area (Å²) in [5.74, 6) is -0.885. The zero-order valence-electron chi connectivity index (χ0n) is 13.7. The molecule has 6 heteroatoms. The number of hydrogen-bond donors (Lipinski definition) is 3. The van der Waals surface area contributed by atoms with E-state index < -0.39 is 5.91 Å². The Kier molecular flexibility index (Phi) is 5.78. The molecule has 0 aliphatic carbocycles. The molecule has 126 valence electrons. The van der Waals surface area contributed by atoms with Crippen molar-refractivity contribution in [1.29, 1.82) is 0 Å². The first-order valence-electron chi connectivity index (χ1n) is 7.75. The lowest BCUT2D eigenvalue weighted by Gasteiger charge is -2.20. The van der Waals surface area contributed by atoms with Gasteiger partial charge in [-0.25, -0.2) is 5.43 Å². The normalized spacial score (nSPS) is 10.8. The maximum Gasteiger partial charge on any atom is 0.271 e. The summed E-state index contributed by atoms with van der Waals surface area (Å²) in [4.78, 5) is 14.1. The van der Waals surface area contributed by atoms with Gasteiger partial charge in [-0.3, -0.25) is 4.79 Å². The van der Waals surface area contributed by atoms with Crippen molar-refractivity contribution in [3.05, 3.63) is 53.6 Å². The fourth-order valence-electron chi connectivity index (χ4n) is 2.32. The van der Waals surface area contributed by atoms with E-state index in [-0.39, 0.29) is 17.1 Å². The van der Waals surface area contributed by atoms with Crippen molar-refractivity contribution in [3.8, 4) is 11.5 Å². The number of amides is 1. The van der Waals surface area contributed by atoms with Gasteiger partial charge < -0.3 is 15.1 Å². The van der Waals surface area contributed by atoms with E-state index in [9.17, 15) is 15.0 Å². The van der Waals surface area contributed by atoms with E-state index in [1.807, 2.05) is 24.3 Å². The highest BCUT2D eigenvalue weighted by Gasteiger charge is 2.07. The third-order valence-electron chi connectivity index (χ3n) is 3.57. The lowest BCUT2D eigenvalue weighted by atomic mass is 10.2. The monoisotopic (exact) mass is 327 g/mol. The lowest BCUT2D eigenvalue weighted by molar-refractivity contribution is 0.0954. The number of carbonyl (C=O) groups excluding carboxylic acids is 1. The Balaban J connectivity index is 1.99. The fraction of sp³-hybridized carbons (Fsp3) is 0.222. The average molecular weight is 327 g/mol. The summed E-state index contributed by atoms with van der Waals surface area (Å²) >= 11 is 0. The minimum atomic E-state index is -0.516. The van der Waals surface area contributed by atoms with Crippen LogP contribution in [0.4, 0.5) is 5.69 Å². The minimum Gasteiger partial charge on any atom is -0.508 e. The highest BCUT2D eigenvalue weighted by atomic mass is 16.3. The molecule has 2 rings (SSSR count). The van der Waals surface area contributed by atoms with E-state index in [1.165, 1.54) is 18.3 Å². The van der Waals surface area contributed by atoms with Crippen LogP contribution in [0.1, 0.15) is 29.8 Å². The van der Waals surface area contributed by atoms with Crippen molar-refractivity contribution in [3.63, 3.8) is 0 Å². The molecule has 1 amide bonds. The summed E-state index contributed by atoms with van der Waals surface area (Å²) in [7, 11) is 0. The summed E-state index contributed by atoms with van der Waals surface area (Å²) in [6.45, 7) is 6.09. The molecule has 0 aromatic heterocycles. The predicted molar refractivity (Wildman–Crippen MR) is 94.8 cm³/mol. The maximum atomic E-state index is 11.9. The van der Waals surface area contributed by atoms with Crippen molar-refractivity contribution in [1.82, 2.24) is 5.43 Å². The number of nitrogens with one attached hydrogen (secondary N) is 1. The van der Waals surface area contributed by atoms with Gasteiger partial charge >= 0.3 is 0 Å². The molecule has 0 spiro atoms. The molecule has 0 radical (unpaired) electrons. The number of anilines is 1. The Bertz CT molecular complexity index is 703. The fourth-order valence-corrected chi connectivity index (χ4v) is 2.32. The van der Waals surface area contributed by atoms with E-state index in [1.54, 1.807) is 0 Å². The molecule has 0 bridgehead atoms. The molecule has 0 fully saturated rings. The van der Waals surface area contributed by atoms with Crippen molar-refractivity contribution < 1.29 is 15.0 Å². The molecule has 2 aromatic rings. The van der Waals surface area contributed by atoms with Gasteiger partial charge in [0.15, 0.2) is 0 Å². The van der Waals surface area contributed by atoms with Crippen LogP contribution in [0.2, 0.25) is 0 Å². The number of carbonyl (C=O) groups is 1. The van der Waals surface area contributed by atoms with Crippen LogP contribution in [0.25, 0.3) is 0 Å². The van der Waals surface area contributed by atoms with Gasteiger partial charge in [0.25, 0.3) is 5.91 Å². The van der Waals surface area contributed by atoms with Gasteiger partial charge in [0.2, 0.25) is 0 Å². The zero-order chi connectivity index (χ0) is 17.5. The van der Waals surface area contributed by atoms with E-state index in [0.29, 0.717) is 0 Å². The molecule has 0 atom stereocenters. The molecule has 0 aliphatic rings. The topological polar surface area (TPSA) is 85.2 Å². The number of hydrogen-bond acceptors (Lipinski definition) is 5. The second-order valence-corrected chi connectivity index (χ2v) is 5.20. The average Bonchev–Trinajstić information content (AvgIpc) is 2.56. The van der Waals surface area contributed by atoms with Crippen LogP contribution in [0.3, 0.4) is 0 Å². The molecule has 0 saturated heterocycles. The first kappa shape index (κ1) is 17.3. The van der Waals surface area contributed by atoms with Gasteiger partial charge in [-0.15, -0.1) is 0 Å². The standard InChI is InChI=1S/C18H21N3O3/c1-3-21(4-2)15-7-5-13(6-8-15)12-19-20-18(24)14-9-16(22)11-17(23)10-14/h5-12,22-23H,3-4H2,1-2H3,(H,20,24)/b19-12+. The summed E-state index contributed by atoms with van der Waals surface area (Å²) < 4.78 is 0. The Morgan fingerprint density at radius 3 is 2.21 bits per heavy atom. The highest BCUT2D eigenvalue weighted by Crippen LogP contribution is 2.20. The summed E-state index contributed by atoms with van der Waals surface area (Å²) in [6.07, 6.45) is 1.53. The van der Waals surface area contributed by atoms with Crippen LogP contribution in [-0.4, -0.2) is 35.4 Å². The Morgan fingerprint density at radius 2 is 1.67 bits per heavy atom. The maximum absolute atomic E-state index is 11.9. The van der Waals surface area contributed by atoms with Crippen LogP contribution < -0.4 is 10.3 Å². The third kappa shape index (κ3) is 4.49. The first-order chi connectivity index (χ1) is 11.5. The lowest BCUT2D eigenvalue weighted by Crippen LogP contribution is -2.21. The van der Waals surface area contributed by atoms with Gasteiger partial charge in [-0.1, -0.05) is 12.1 Å². The number of nitrogens with zero attached hydrogens (tertiary/aromatic N) is 2. The largest absolute Gasteiger partial charge is 0.508 e. The SMILES string of the molecule is CCN(CC)c1ccc(/C=N/NC(=O)c2cc(O)cc(O)c2)cc1. The molecule has 2 aromatic carbocycles. The number of phenolic OH excluding ortho intramolecular Hbond substituents is 2. The number of rotatable bonds is 6. The van der Waals surface area contributed by atoms with E-state index in [0.717, 1.165) is 30.4 Å². The number of hydrazone groups is 1. The van der Waals surface area contributed by atoms with E-state index in [4.69, 9.17) is 0 Å². The zero-order valence-corrected chi connectivity index (χ0v) is 13.7. The molecule has 24 heavy (non-hydrogen) atoms. The Morgan fingerprint density at radius 1 is 1.08 bits per heavy atom. The molecular formula is C18H21N3O3. The minimum absolute atomic E-state index is 0.126. The molecule has 0 heterocycles. The quantitative estimate of drug-likeness (QED) is 0.562. The summed E-state index contributed by atoms with van der Waals surface area (Å²) in [6, 6.07) is 11.5. The van der Waals surface area contributed by atoms with Gasteiger partial charge in [-0.05, 0) is 43.7 Å². The van der Waals surface area contributed by atoms with E-state index in [2.05, 4.69) is 29.3 Å². The number of benzene rings is 2. The Hall–Kier alpha value is -3.02. The molecule has 0 unspecified atom stereocenters. The van der Waals surface area contributed by atoms with Gasteiger partial charge in [0.05, 0.1) is 6.21 Å². The number of phenols is 2. The van der Waals surface area contributed by atoms with E-state index >= 15 is 0 Å². The van der Waals surface area contributed by atoms with Crippen LogP contribution in [0.15, 0.2) is 47.6 Å². The van der Waals surface area contributed by atoms with Gasteiger partial charge in [0.1, 0.15) is 11.5 Å². The van der Waals surface area contributed by atoms with Gasteiger partial charge in [0, 0.05) is 30.4 Å². The molecule has 3 N–H and O–H groups in total. The highest BCUT2D eigenvalue weighted by molar-refractivity contribution is 5.95. The predicted octanol–water partition coefficient (Wildman–Crippen LogP) is 2.71. The summed E-state index contributed by atoms with van der Waals surface area (Å²) in [5.41, 5.74) is 4.47.